The highest BCUT2D eigenvalue weighted by molar-refractivity contribution is 7.86. The molecule has 0 amide bonds. The topological polar surface area (TPSA) is 75.9 Å². The first kappa shape index (κ1) is 17.1. The molecule has 2 saturated heterocycles. The summed E-state index contributed by atoms with van der Waals surface area (Å²) in [4.78, 5) is 0. The molecule has 2 heterocycles. The van der Waals surface area contributed by atoms with Gasteiger partial charge in [0, 0.05) is 39.3 Å². The van der Waals surface area contributed by atoms with Crippen LogP contribution in [0.25, 0.3) is 0 Å². The van der Waals surface area contributed by atoms with Crippen molar-refractivity contribution >= 4 is 10.2 Å². The van der Waals surface area contributed by atoms with Gasteiger partial charge in [-0.1, -0.05) is 13.8 Å². The molecule has 4 atom stereocenters. The molecule has 2 aliphatic heterocycles. The van der Waals surface area contributed by atoms with Crippen molar-refractivity contribution in [1.29, 1.82) is 0 Å². The Morgan fingerprint density at radius 2 is 1.81 bits per heavy atom. The van der Waals surface area contributed by atoms with Gasteiger partial charge in [-0.3, -0.25) is 0 Å². The number of methoxy groups -OCH3 is 1. The summed E-state index contributed by atoms with van der Waals surface area (Å²) in [5, 5.41) is 0. The minimum Gasteiger partial charge on any atom is -0.381 e. The van der Waals surface area contributed by atoms with Gasteiger partial charge in [0.15, 0.2) is 0 Å². The molecular weight excluding hydrogens is 290 g/mol. The summed E-state index contributed by atoms with van der Waals surface area (Å²) in [5.41, 5.74) is 5.81. The fourth-order valence-electron chi connectivity index (χ4n) is 3.67. The van der Waals surface area contributed by atoms with Crippen LogP contribution >= 0.6 is 0 Å². The van der Waals surface area contributed by atoms with Crippen LogP contribution in [0.1, 0.15) is 33.1 Å². The largest absolute Gasteiger partial charge is 0.381 e. The second kappa shape index (κ2) is 6.91. The van der Waals surface area contributed by atoms with E-state index >= 15 is 0 Å². The number of rotatable bonds is 4. The quantitative estimate of drug-likeness (QED) is 0.825. The summed E-state index contributed by atoms with van der Waals surface area (Å²) in [6.45, 7) is 6.33. The molecule has 21 heavy (non-hydrogen) atoms. The minimum absolute atomic E-state index is 0.115. The zero-order valence-electron chi connectivity index (χ0n) is 13.4. The molecule has 7 heteroatoms. The molecule has 0 aromatic heterocycles. The average Bonchev–Trinajstić information content (AvgIpc) is 2.45. The molecule has 0 bridgehead atoms. The number of nitrogens with zero attached hydrogens (tertiary/aromatic N) is 2. The van der Waals surface area contributed by atoms with E-state index in [1.165, 1.54) is 0 Å². The first-order valence-corrected chi connectivity index (χ1v) is 9.28. The Kier molecular flexibility index (Phi) is 5.65. The van der Waals surface area contributed by atoms with Crippen molar-refractivity contribution in [3.63, 3.8) is 0 Å². The molecule has 0 aromatic rings. The van der Waals surface area contributed by atoms with E-state index in [1.807, 2.05) is 0 Å². The Morgan fingerprint density at radius 3 is 2.33 bits per heavy atom. The van der Waals surface area contributed by atoms with Crippen LogP contribution in [0.2, 0.25) is 0 Å². The third-order valence-corrected chi connectivity index (χ3v) is 6.70. The molecule has 0 radical (unpaired) electrons. The summed E-state index contributed by atoms with van der Waals surface area (Å²) >= 11 is 0. The molecule has 2 N–H and O–H groups in total. The number of hydrogen-bond donors (Lipinski definition) is 1. The van der Waals surface area contributed by atoms with Gasteiger partial charge in [-0.05, 0) is 31.1 Å². The molecule has 0 saturated carbocycles. The first-order valence-electron chi connectivity index (χ1n) is 7.88. The van der Waals surface area contributed by atoms with Crippen LogP contribution in [0, 0.1) is 11.8 Å². The lowest BCUT2D eigenvalue weighted by molar-refractivity contribution is 0.0375. The SMILES string of the molecule is COC1CCN(S(=O)(=O)N2CC(C)CC(C)C2)C(CN)C1. The maximum Gasteiger partial charge on any atom is 0.282 e. The van der Waals surface area contributed by atoms with E-state index in [4.69, 9.17) is 10.5 Å². The number of hydrogen-bond acceptors (Lipinski definition) is 4. The van der Waals surface area contributed by atoms with Gasteiger partial charge in [-0.25, -0.2) is 0 Å². The molecule has 6 nitrogen and oxygen atoms in total. The molecule has 4 unspecified atom stereocenters. The zero-order chi connectivity index (χ0) is 15.6. The van der Waals surface area contributed by atoms with Crippen LogP contribution in [0.5, 0.6) is 0 Å². The Labute approximate surface area is 128 Å². The normalized spacial score (nSPS) is 36.8. The van der Waals surface area contributed by atoms with Crippen molar-refractivity contribution in [3.05, 3.63) is 0 Å². The summed E-state index contributed by atoms with van der Waals surface area (Å²) in [6, 6.07) is -0.152. The molecular formula is C14H29N3O3S. The van der Waals surface area contributed by atoms with Crippen molar-refractivity contribution < 1.29 is 13.2 Å². The fourth-order valence-corrected chi connectivity index (χ4v) is 5.73. The standard InChI is InChI=1S/C14H29N3O3S/c1-11-6-12(2)10-16(9-11)21(18,19)17-5-4-14(20-3)7-13(17)8-15/h11-14H,4-10,15H2,1-3H3. The van der Waals surface area contributed by atoms with Gasteiger partial charge in [-0.2, -0.15) is 17.0 Å². The maximum absolute atomic E-state index is 13.0. The Balaban J connectivity index is 2.14. The van der Waals surface area contributed by atoms with E-state index in [-0.39, 0.29) is 12.1 Å². The predicted molar refractivity (Wildman–Crippen MR) is 83.0 cm³/mol. The van der Waals surface area contributed by atoms with Gasteiger partial charge in [-0.15, -0.1) is 0 Å². The molecule has 2 fully saturated rings. The zero-order valence-corrected chi connectivity index (χ0v) is 14.2. The highest BCUT2D eigenvalue weighted by Crippen LogP contribution is 2.28. The Morgan fingerprint density at radius 1 is 1.19 bits per heavy atom. The Hall–Kier alpha value is -0.210. The highest BCUT2D eigenvalue weighted by atomic mass is 32.2. The van der Waals surface area contributed by atoms with Crippen molar-refractivity contribution in [1.82, 2.24) is 8.61 Å². The second-order valence-electron chi connectivity index (χ2n) is 6.65. The summed E-state index contributed by atoms with van der Waals surface area (Å²) in [7, 11) is -1.74. The van der Waals surface area contributed by atoms with Crippen LogP contribution in [0.4, 0.5) is 0 Å². The van der Waals surface area contributed by atoms with Crippen LogP contribution in [0.15, 0.2) is 0 Å². The van der Waals surface area contributed by atoms with Gasteiger partial charge in [0.2, 0.25) is 0 Å². The maximum atomic E-state index is 13.0. The smallest absolute Gasteiger partial charge is 0.282 e. The average molecular weight is 319 g/mol. The van der Waals surface area contributed by atoms with E-state index in [0.29, 0.717) is 44.4 Å². The third kappa shape index (κ3) is 3.76. The van der Waals surface area contributed by atoms with E-state index in [9.17, 15) is 8.42 Å². The lowest BCUT2D eigenvalue weighted by atomic mass is 9.94. The van der Waals surface area contributed by atoms with Crippen molar-refractivity contribution in [2.75, 3.05) is 33.3 Å². The fraction of sp³-hybridized carbons (Fsp3) is 1.00. The lowest BCUT2D eigenvalue weighted by Gasteiger charge is -2.42. The molecule has 2 aliphatic rings. The minimum atomic E-state index is -3.41. The lowest BCUT2D eigenvalue weighted by Crippen LogP contribution is -2.57. The van der Waals surface area contributed by atoms with E-state index < -0.39 is 10.2 Å². The molecule has 2 rings (SSSR count). The summed E-state index contributed by atoms with van der Waals surface area (Å²) in [6.07, 6.45) is 2.64. The van der Waals surface area contributed by atoms with Crippen LogP contribution < -0.4 is 5.73 Å². The van der Waals surface area contributed by atoms with Crippen molar-refractivity contribution in [3.8, 4) is 0 Å². The van der Waals surface area contributed by atoms with E-state index in [2.05, 4.69) is 13.8 Å². The Bertz CT molecular complexity index is 433. The summed E-state index contributed by atoms with van der Waals surface area (Å²) < 4.78 is 34.5. The van der Waals surface area contributed by atoms with Crippen LogP contribution in [-0.2, 0) is 14.9 Å². The van der Waals surface area contributed by atoms with Gasteiger partial charge in [0.05, 0.1) is 6.10 Å². The monoisotopic (exact) mass is 319 g/mol. The van der Waals surface area contributed by atoms with Gasteiger partial charge >= 0.3 is 0 Å². The number of ether oxygens (including phenoxy) is 1. The molecule has 0 aliphatic carbocycles. The molecule has 0 aromatic carbocycles. The first-order chi connectivity index (χ1) is 9.88. The second-order valence-corrected chi connectivity index (χ2v) is 8.53. The number of piperidine rings is 2. The van der Waals surface area contributed by atoms with Crippen molar-refractivity contribution in [2.24, 2.45) is 17.6 Å². The van der Waals surface area contributed by atoms with E-state index in [0.717, 1.165) is 12.8 Å². The van der Waals surface area contributed by atoms with E-state index in [1.54, 1.807) is 15.7 Å². The highest BCUT2D eigenvalue weighted by Gasteiger charge is 2.40. The summed E-state index contributed by atoms with van der Waals surface area (Å²) in [5.74, 6) is 0.827. The van der Waals surface area contributed by atoms with Gasteiger partial charge < -0.3 is 10.5 Å². The van der Waals surface area contributed by atoms with Crippen LogP contribution in [-0.4, -0.2) is 62.5 Å². The predicted octanol–water partition coefficient (Wildman–Crippen LogP) is 0.647. The number of nitrogens with two attached hydrogens (primary N) is 1. The van der Waals surface area contributed by atoms with Crippen molar-refractivity contribution in [2.45, 2.75) is 45.3 Å². The molecule has 124 valence electrons. The van der Waals surface area contributed by atoms with Crippen LogP contribution in [0.3, 0.4) is 0 Å². The van der Waals surface area contributed by atoms with Gasteiger partial charge in [0.25, 0.3) is 10.2 Å². The third-order valence-electron chi connectivity index (χ3n) is 4.68. The van der Waals surface area contributed by atoms with Gasteiger partial charge in [0.1, 0.15) is 0 Å². The molecule has 0 spiro atoms.